The van der Waals surface area contributed by atoms with Crippen molar-refractivity contribution in [3.63, 3.8) is 0 Å². The minimum absolute atomic E-state index is 0.00444. The van der Waals surface area contributed by atoms with E-state index in [1.165, 1.54) is 17.0 Å². The summed E-state index contributed by atoms with van der Waals surface area (Å²) >= 11 is 0. The van der Waals surface area contributed by atoms with Crippen molar-refractivity contribution in [1.29, 1.82) is 0 Å². The SMILES string of the molecule is CC(C)(C)[C@@H](N(CC[C@H](N)CF)C(=O)CO)n1cc(-c2cc(F)ccc2F)nc1Cc1ccccc1.Cc1ccc(S(=O)(=O)O)cc1. The fourth-order valence-electron chi connectivity index (χ4n) is 4.98. The van der Waals surface area contributed by atoms with Crippen molar-refractivity contribution in [2.45, 2.75) is 57.6 Å². The van der Waals surface area contributed by atoms with Crippen LogP contribution in [0.4, 0.5) is 13.2 Å². The lowest BCUT2D eigenvalue weighted by Gasteiger charge is -2.41. The minimum Gasteiger partial charge on any atom is -0.387 e. The van der Waals surface area contributed by atoms with Crippen LogP contribution in [0.25, 0.3) is 11.3 Å². The highest BCUT2D eigenvalue weighted by Gasteiger charge is 2.36. The number of alkyl halides is 1. The lowest BCUT2D eigenvalue weighted by Crippen LogP contribution is -2.47. The summed E-state index contributed by atoms with van der Waals surface area (Å²) in [4.78, 5) is 19.0. The molecule has 9 nitrogen and oxygen atoms in total. The summed E-state index contributed by atoms with van der Waals surface area (Å²) in [6, 6.07) is 17.9. The Kier molecular flexibility index (Phi) is 12.9. The lowest BCUT2D eigenvalue weighted by molar-refractivity contribution is -0.142. The van der Waals surface area contributed by atoms with Crippen molar-refractivity contribution < 1.29 is 36.0 Å². The first-order chi connectivity index (χ1) is 22.0. The van der Waals surface area contributed by atoms with Crippen LogP contribution in [0.1, 0.15) is 50.3 Å². The number of hydrogen-bond acceptors (Lipinski definition) is 6. The number of imidazole rings is 1. The molecule has 0 saturated carbocycles. The van der Waals surface area contributed by atoms with Gasteiger partial charge in [-0.3, -0.25) is 9.35 Å². The van der Waals surface area contributed by atoms with Gasteiger partial charge in [-0.15, -0.1) is 0 Å². The molecule has 0 spiro atoms. The molecule has 254 valence electrons. The number of aliphatic hydroxyl groups excluding tert-OH is 1. The predicted octanol–water partition coefficient (Wildman–Crippen LogP) is 5.71. The van der Waals surface area contributed by atoms with E-state index in [4.69, 9.17) is 10.3 Å². The molecule has 1 aromatic heterocycles. The summed E-state index contributed by atoms with van der Waals surface area (Å²) in [5.74, 6) is -1.27. The average molecular weight is 675 g/mol. The van der Waals surface area contributed by atoms with Crippen molar-refractivity contribution >= 4 is 16.0 Å². The maximum absolute atomic E-state index is 14.7. The number of amides is 1. The molecule has 47 heavy (non-hydrogen) atoms. The van der Waals surface area contributed by atoms with Crippen molar-refractivity contribution in [1.82, 2.24) is 14.5 Å². The van der Waals surface area contributed by atoms with E-state index in [2.05, 4.69) is 4.98 Å². The van der Waals surface area contributed by atoms with Crippen molar-refractivity contribution in [2.24, 2.45) is 11.1 Å². The van der Waals surface area contributed by atoms with Crippen LogP contribution in [0.15, 0.2) is 83.9 Å². The van der Waals surface area contributed by atoms with E-state index in [0.717, 1.165) is 29.3 Å². The molecule has 0 bridgehead atoms. The first kappa shape index (κ1) is 37.4. The van der Waals surface area contributed by atoms with E-state index < -0.39 is 58.6 Å². The highest BCUT2D eigenvalue weighted by molar-refractivity contribution is 7.85. The monoisotopic (exact) mass is 674 g/mol. The first-order valence-corrected chi connectivity index (χ1v) is 16.3. The second-order valence-corrected chi connectivity index (χ2v) is 13.6. The van der Waals surface area contributed by atoms with Gasteiger partial charge in [-0.2, -0.15) is 8.42 Å². The summed E-state index contributed by atoms with van der Waals surface area (Å²) in [6.45, 7) is 6.20. The van der Waals surface area contributed by atoms with E-state index in [-0.39, 0.29) is 29.1 Å². The second kappa shape index (κ2) is 16.2. The number of carbonyl (C=O) groups is 1. The minimum atomic E-state index is -4.02. The number of nitrogens with zero attached hydrogens (tertiary/aromatic N) is 3. The Morgan fingerprint density at radius 1 is 1.04 bits per heavy atom. The predicted molar refractivity (Wildman–Crippen MR) is 174 cm³/mol. The van der Waals surface area contributed by atoms with Gasteiger partial charge in [-0.25, -0.2) is 18.2 Å². The molecule has 0 aliphatic rings. The number of nitrogens with two attached hydrogens (primary N) is 1. The number of rotatable bonds is 11. The molecule has 0 unspecified atom stereocenters. The molecule has 13 heteroatoms. The molecule has 4 N–H and O–H groups in total. The Hall–Kier alpha value is -4.04. The van der Waals surface area contributed by atoms with Gasteiger partial charge in [-0.1, -0.05) is 68.8 Å². The summed E-state index contributed by atoms with van der Waals surface area (Å²) in [7, 11) is -4.02. The molecular weight excluding hydrogens is 633 g/mol. The van der Waals surface area contributed by atoms with Gasteiger partial charge >= 0.3 is 0 Å². The van der Waals surface area contributed by atoms with Crippen molar-refractivity contribution in [2.75, 3.05) is 19.8 Å². The number of carbonyl (C=O) groups excluding carboxylic acids is 1. The van der Waals surface area contributed by atoms with Gasteiger partial charge < -0.3 is 20.3 Å². The largest absolute Gasteiger partial charge is 0.387 e. The maximum atomic E-state index is 14.7. The second-order valence-electron chi connectivity index (χ2n) is 12.2. The number of aliphatic hydroxyl groups is 1. The molecule has 0 fully saturated rings. The van der Waals surface area contributed by atoms with Crippen molar-refractivity contribution in [3.8, 4) is 11.3 Å². The smallest absolute Gasteiger partial charge is 0.294 e. The van der Waals surface area contributed by atoms with Crippen LogP contribution in [0.3, 0.4) is 0 Å². The van der Waals surface area contributed by atoms with Crippen LogP contribution >= 0.6 is 0 Å². The quantitative estimate of drug-likeness (QED) is 0.173. The van der Waals surface area contributed by atoms with Gasteiger partial charge in [0, 0.05) is 36.2 Å². The van der Waals surface area contributed by atoms with E-state index in [9.17, 15) is 31.5 Å². The zero-order valence-electron chi connectivity index (χ0n) is 26.8. The molecular formula is C34H41F3N4O5S. The molecule has 0 radical (unpaired) electrons. The van der Waals surface area contributed by atoms with Crippen LogP contribution in [0.5, 0.6) is 0 Å². The Morgan fingerprint density at radius 2 is 1.68 bits per heavy atom. The first-order valence-electron chi connectivity index (χ1n) is 14.9. The third-order valence-corrected chi connectivity index (χ3v) is 8.13. The molecule has 4 aromatic rings. The molecule has 0 saturated heterocycles. The number of aromatic nitrogens is 2. The van der Waals surface area contributed by atoms with Crippen LogP contribution in [-0.2, 0) is 21.3 Å². The molecule has 2 atom stereocenters. The molecule has 3 aromatic carbocycles. The molecule has 0 aliphatic carbocycles. The topological polar surface area (TPSA) is 139 Å². The molecule has 4 rings (SSSR count). The normalized spacial score (nSPS) is 13.0. The van der Waals surface area contributed by atoms with E-state index in [1.807, 2.05) is 58.0 Å². The Balaban J connectivity index is 0.000000461. The molecule has 1 heterocycles. The lowest BCUT2D eigenvalue weighted by atomic mass is 9.90. The number of halogens is 3. The average Bonchev–Trinajstić information content (AvgIpc) is 3.41. The zero-order chi connectivity index (χ0) is 34.9. The van der Waals surface area contributed by atoms with Crippen LogP contribution in [0, 0.1) is 24.0 Å². The van der Waals surface area contributed by atoms with Gasteiger partial charge in [0.1, 0.15) is 36.9 Å². The van der Waals surface area contributed by atoms with Gasteiger partial charge in [0.2, 0.25) is 5.91 Å². The van der Waals surface area contributed by atoms with Gasteiger partial charge in [0.25, 0.3) is 10.1 Å². The third kappa shape index (κ3) is 10.5. The summed E-state index contributed by atoms with van der Waals surface area (Å²) in [5.41, 5.74) is 7.29. The van der Waals surface area contributed by atoms with Crippen LogP contribution in [0.2, 0.25) is 0 Å². The van der Waals surface area contributed by atoms with Crippen LogP contribution < -0.4 is 5.73 Å². The fraction of sp³-hybridized carbons (Fsp3) is 0.353. The molecule has 1 amide bonds. The van der Waals surface area contributed by atoms with E-state index >= 15 is 0 Å². The zero-order valence-corrected chi connectivity index (χ0v) is 27.6. The Bertz CT molecular complexity index is 1730. The van der Waals surface area contributed by atoms with Crippen molar-refractivity contribution in [3.05, 3.63) is 108 Å². The maximum Gasteiger partial charge on any atom is 0.294 e. The number of aryl methyl sites for hydroxylation is 1. The Labute approximate surface area is 273 Å². The summed E-state index contributed by atoms with van der Waals surface area (Å²) in [5, 5.41) is 9.73. The third-order valence-electron chi connectivity index (χ3n) is 7.27. The summed E-state index contributed by atoms with van der Waals surface area (Å²) in [6.07, 6.45) is 1.46. The highest BCUT2D eigenvalue weighted by atomic mass is 32.2. The summed E-state index contributed by atoms with van der Waals surface area (Å²) < 4.78 is 73.1. The number of benzene rings is 3. The fourth-order valence-corrected chi connectivity index (χ4v) is 5.46. The van der Waals surface area contributed by atoms with Crippen LogP contribution in [-0.4, -0.2) is 64.3 Å². The van der Waals surface area contributed by atoms with E-state index in [1.54, 1.807) is 22.9 Å². The van der Waals surface area contributed by atoms with E-state index in [0.29, 0.717) is 12.2 Å². The highest BCUT2D eigenvalue weighted by Crippen LogP contribution is 2.37. The van der Waals surface area contributed by atoms with Gasteiger partial charge in [0.05, 0.1) is 10.6 Å². The Morgan fingerprint density at radius 3 is 2.23 bits per heavy atom. The standard InChI is InChI=1S/C27H33F3N4O2.C7H8O3S/c1-27(2,3)26(33(25(36)17-35)12-11-20(31)15-28)34-16-23(21-14-19(29)9-10-22(21)30)32-24(34)13-18-7-5-4-6-8-18;1-6-2-4-7(5-3-6)11(8,9)10/h4-10,14,16,20,26,35H,11-13,15,17,31H2,1-3H3;2-5H,1H3,(H,8,9,10)/t20-,26-;/m0./s1. The number of hydrogen-bond donors (Lipinski definition) is 3. The molecule has 0 aliphatic heterocycles. The van der Waals surface area contributed by atoms with Gasteiger partial charge in [-0.05, 0) is 49.2 Å². The van der Waals surface area contributed by atoms with Gasteiger partial charge in [0.15, 0.2) is 0 Å².